The first-order chi connectivity index (χ1) is 16.1. The SMILES string of the molecule is Cc1noc(C)c1CN1C(=O)C(C)Oc2ccc(NC(=O)C(C)Oc3ccc(Cl)cc3Cl)cc21. The van der Waals surface area contributed by atoms with Crippen LogP contribution in [0, 0.1) is 13.8 Å². The summed E-state index contributed by atoms with van der Waals surface area (Å²) in [6.45, 7) is 7.20. The molecule has 0 radical (unpaired) electrons. The molecule has 1 aromatic heterocycles. The van der Waals surface area contributed by atoms with E-state index in [9.17, 15) is 9.59 Å². The molecule has 2 unspecified atom stereocenters. The van der Waals surface area contributed by atoms with E-state index in [1.54, 1.807) is 56.0 Å². The van der Waals surface area contributed by atoms with Crippen LogP contribution >= 0.6 is 23.2 Å². The zero-order chi connectivity index (χ0) is 24.6. The molecule has 1 aliphatic rings. The Balaban J connectivity index is 1.55. The smallest absolute Gasteiger partial charge is 0.268 e. The average Bonchev–Trinajstić information content (AvgIpc) is 3.10. The molecule has 34 heavy (non-hydrogen) atoms. The van der Waals surface area contributed by atoms with Crippen molar-refractivity contribution < 1.29 is 23.6 Å². The Morgan fingerprint density at radius 3 is 2.68 bits per heavy atom. The Hall–Kier alpha value is -3.23. The number of nitrogens with one attached hydrogen (secondary N) is 1. The maximum absolute atomic E-state index is 13.0. The van der Waals surface area contributed by atoms with E-state index in [0.717, 1.165) is 5.56 Å². The number of halogens is 2. The number of aryl methyl sites for hydroxylation is 2. The molecule has 3 aromatic rings. The first-order valence-corrected chi connectivity index (χ1v) is 11.4. The van der Waals surface area contributed by atoms with Crippen LogP contribution in [-0.4, -0.2) is 29.2 Å². The number of rotatable bonds is 6. The van der Waals surface area contributed by atoms with Gasteiger partial charge in [0.2, 0.25) is 0 Å². The van der Waals surface area contributed by atoms with Gasteiger partial charge in [0.15, 0.2) is 12.2 Å². The van der Waals surface area contributed by atoms with Gasteiger partial charge < -0.3 is 24.2 Å². The number of amides is 2. The molecular weight excluding hydrogens is 481 g/mol. The molecule has 2 aromatic carbocycles. The van der Waals surface area contributed by atoms with Gasteiger partial charge in [0, 0.05) is 16.3 Å². The molecule has 10 heteroatoms. The number of benzene rings is 2. The molecule has 0 saturated carbocycles. The lowest BCUT2D eigenvalue weighted by molar-refractivity contribution is -0.125. The minimum Gasteiger partial charge on any atom is -0.479 e. The van der Waals surface area contributed by atoms with Crippen LogP contribution in [0.15, 0.2) is 40.9 Å². The lowest BCUT2D eigenvalue weighted by Crippen LogP contribution is -2.44. The van der Waals surface area contributed by atoms with E-state index < -0.39 is 12.2 Å². The summed E-state index contributed by atoms with van der Waals surface area (Å²) < 4.78 is 16.7. The van der Waals surface area contributed by atoms with Gasteiger partial charge in [-0.3, -0.25) is 9.59 Å². The summed E-state index contributed by atoms with van der Waals surface area (Å²) in [6, 6.07) is 9.88. The standard InChI is InChI=1S/C24H23Cl2N3O5/c1-12-18(13(2)34-28-12)11-29-20-10-17(6-8-22(20)33-15(4)24(29)31)27-23(30)14(3)32-21-7-5-16(25)9-19(21)26/h5-10,14-15H,11H2,1-4H3,(H,27,30). The van der Waals surface area contributed by atoms with E-state index in [1.165, 1.54) is 6.07 Å². The van der Waals surface area contributed by atoms with Crippen LogP contribution in [0.5, 0.6) is 11.5 Å². The van der Waals surface area contributed by atoms with Crippen molar-refractivity contribution in [2.24, 2.45) is 0 Å². The number of nitrogens with zero attached hydrogens (tertiary/aromatic N) is 2. The van der Waals surface area contributed by atoms with Gasteiger partial charge in [-0.2, -0.15) is 0 Å². The van der Waals surface area contributed by atoms with Crippen LogP contribution in [0.3, 0.4) is 0 Å². The molecule has 0 aliphatic carbocycles. The van der Waals surface area contributed by atoms with E-state index >= 15 is 0 Å². The zero-order valence-electron chi connectivity index (χ0n) is 19.0. The van der Waals surface area contributed by atoms with Gasteiger partial charge in [-0.1, -0.05) is 28.4 Å². The van der Waals surface area contributed by atoms with Gasteiger partial charge in [-0.15, -0.1) is 0 Å². The van der Waals surface area contributed by atoms with Crippen molar-refractivity contribution in [1.29, 1.82) is 0 Å². The largest absolute Gasteiger partial charge is 0.479 e. The second kappa shape index (κ2) is 9.56. The molecule has 2 heterocycles. The van der Waals surface area contributed by atoms with Crippen LogP contribution < -0.4 is 19.7 Å². The summed E-state index contributed by atoms with van der Waals surface area (Å²) in [5.41, 5.74) is 2.55. The molecule has 2 amide bonds. The van der Waals surface area contributed by atoms with Crippen molar-refractivity contribution in [2.75, 3.05) is 10.2 Å². The van der Waals surface area contributed by atoms with E-state index in [-0.39, 0.29) is 18.4 Å². The Bertz CT molecular complexity index is 1240. The molecule has 178 valence electrons. The van der Waals surface area contributed by atoms with Crippen molar-refractivity contribution >= 4 is 46.4 Å². The minimum atomic E-state index is -0.842. The number of carbonyl (C=O) groups is 2. The van der Waals surface area contributed by atoms with Crippen molar-refractivity contribution in [3.8, 4) is 11.5 Å². The van der Waals surface area contributed by atoms with Gasteiger partial charge in [-0.25, -0.2) is 0 Å². The third-order valence-electron chi connectivity index (χ3n) is 5.50. The number of fused-ring (bicyclic) bond motifs is 1. The Labute approximate surface area is 206 Å². The fraction of sp³-hybridized carbons (Fsp3) is 0.292. The summed E-state index contributed by atoms with van der Waals surface area (Å²) in [5, 5.41) is 7.56. The molecule has 2 atom stereocenters. The highest BCUT2D eigenvalue weighted by Crippen LogP contribution is 2.38. The van der Waals surface area contributed by atoms with Crippen LogP contribution in [-0.2, 0) is 16.1 Å². The quantitative estimate of drug-likeness (QED) is 0.489. The Morgan fingerprint density at radius 2 is 2.00 bits per heavy atom. The number of hydrogen-bond donors (Lipinski definition) is 1. The number of ether oxygens (including phenoxy) is 2. The predicted molar refractivity (Wildman–Crippen MR) is 129 cm³/mol. The highest BCUT2D eigenvalue weighted by atomic mass is 35.5. The summed E-state index contributed by atoms with van der Waals surface area (Å²) in [4.78, 5) is 27.3. The highest BCUT2D eigenvalue weighted by molar-refractivity contribution is 6.35. The highest BCUT2D eigenvalue weighted by Gasteiger charge is 2.33. The zero-order valence-corrected chi connectivity index (χ0v) is 20.5. The van der Waals surface area contributed by atoms with Crippen LogP contribution in [0.25, 0.3) is 0 Å². The fourth-order valence-corrected chi connectivity index (χ4v) is 4.05. The van der Waals surface area contributed by atoms with Crippen molar-refractivity contribution in [1.82, 2.24) is 5.16 Å². The Morgan fingerprint density at radius 1 is 1.24 bits per heavy atom. The molecule has 0 fully saturated rings. The van der Waals surface area contributed by atoms with Gasteiger partial charge in [0.05, 0.1) is 22.9 Å². The van der Waals surface area contributed by atoms with Gasteiger partial charge in [0.25, 0.3) is 11.8 Å². The second-order valence-electron chi connectivity index (χ2n) is 7.99. The number of aromatic nitrogens is 1. The van der Waals surface area contributed by atoms with Crippen LogP contribution in [0.2, 0.25) is 10.0 Å². The van der Waals surface area contributed by atoms with Gasteiger partial charge in [0.1, 0.15) is 17.3 Å². The Kier molecular flexibility index (Phi) is 6.72. The molecule has 8 nitrogen and oxygen atoms in total. The molecular formula is C24H23Cl2N3O5. The van der Waals surface area contributed by atoms with Gasteiger partial charge >= 0.3 is 0 Å². The van der Waals surface area contributed by atoms with Crippen molar-refractivity contribution in [3.05, 3.63) is 63.5 Å². The monoisotopic (exact) mass is 503 g/mol. The normalized spacial score (nSPS) is 16.0. The van der Waals surface area contributed by atoms with E-state index in [2.05, 4.69) is 10.5 Å². The number of carbonyl (C=O) groups excluding carboxylic acids is 2. The lowest BCUT2D eigenvalue weighted by atomic mass is 10.1. The lowest BCUT2D eigenvalue weighted by Gasteiger charge is -2.33. The first-order valence-electron chi connectivity index (χ1n) is 10.6. The molecule has 1 aliphatic heterocycles. The summed E-state index contributed by atoms with van der Waals surface area (Å²) in [7, 11) is 0. The summed E-state index contributed by atoms with van der Waals surface area (Å²) in [6.07, 6.45) is -1.49. The third kappa shape index (κ3) is 4.83. The molecule has 4 rings (SSSR count). The maximum atomic E-state index is 13.0. The third-order valence-corrected chi connectivity index (χ3v) is 6.03. The van der Waals surface area contributed by atoms with E-state index in [4.69, 9.17) is 37.2 Å². The molecule has 0 spiro atoms. The summed E-state index contributed by atoms with van der Waals surface area (Å²) >= 11 is 12.0. The maximum Gasteiger partial charge on any atom is 0.268 e. The number of hydrogen-bond acceptors (Lipinski definition) is 6. The van der Waals surface area contributed by atoms with Gasteiger partial charge in [-0.05, 0) is 64.1 Å². The van der Waals surface area contributed by atoms with Crippen LogP contribution in [0.1, 0.15) is 30.9 Å². The van der Waals surface area contributed by atoms with E-state index in [0.29, 0.717) is 44.4 Å². The molecule has 0 bridgehead atoms. The van der Waals surface area contributed by atoms with Crippen molar-refractivity contribution in [3.63, 3.8) is 0 Å². The topological polar surface area (TPSA) is 93.9 Å². The van der Waals surface area contributed by atoms with Crippen molar-refractivity contribution in [2.45, 2.75) is 46.4 Å². The minimum absolute atomic E-state index is 0.204. The van der Waals surface area contributed by atoms with E-state index in [1.807, 2.05) is 6.92 Å². The first kappa shape index (κ1) is 23.9. The predicted octanol–water partition coefficient (Wildman–Crippen LogP) is 5.32. The van der Waals surface area contributed by atoms with Crippen LogP contribution in [0.4, 0.5) is 11.4 Å². The number of anilines is 2. The molecule has 1 N–H and O–H groups in total. The second-order valence-corrected chi connectivity index (χ2v) is 8.84. The average molecular weight is 504 g/mol. The fourth-order valence-electron chi connectivity index (χ4n) is 3.59. The molecule has 0 saturated heterocycles. The summed E-state index contributed by atoms with van der Waals surface area (Å²) in [5.74, 6) is 0.930.